The predicted octanol–water partition coefficient (Wildman–Crippen LogP) is 2.11. The molecule has 18 heavy (non-hydrogen) atoms. The summed E-state index contributed by atoms with van der Waals surface area (Å²) in [5, 5.41) is 21.7. The zero-order valence-electron chi connectivity index (χ0n) is 8.82. The van der Waals surface area contributed by atoms with Gasteiger partial charge in [-0.05, 0) is 6.07 Å². The third-order valence-corrected chi connectivity index (χ3v) is 2.50. The lowest BCUT2D eigenvalue weighted by molar-refractivity contribution is -0.390. The molecule has 0 unspecified atom stereocenters. The first kappa shape index (κ1) is 11.6. The Morgan fingerprint density at radius 2 is 1.56 bits per heavy atom. The van der Waals surface area contributed by atoms with Crippen molar-refractivity contribution in [3.63, 3.8) is 0 Å². The summed E-state index contributed by atoms with van der Waals surface area (Å²) in [6.45, 7) is 0. The van der Waals surface area contributed by atoms with Gasteiger partial charge in [0.25, 0.3) is 11.4 Å². The van der Waals surface area contributed by atoms with Crippen LogP contribution in [0.1, 0.15) is 5.56 Å². The van der Waals surface area contributed by atoms with Crippen molar-refractivity contribution in [2.45, 2.75) is 0 Å². The van der Waals surface area contributed by atoms with Crippen LogP contribution in [0.25, 0.3) is 10.8 Å². The Hall–Kier alpha value is -2.83. The summed E-state index contributed by atoms with van der Waals surface area (Å²) in [5.41, 5.74) is -0.757. The van der Waals surface area contributed by atoms with Crippen LogP contribution < -0.4 is 0 Å². The molecule has 0 fully saturated rings. The molecule has 0 heterocycles. The Balaban J connectivity index is 3.01. The van der Waals surface area contributed by atoms with E-state index in [1.165, 1.54) is 18.2 Å². The van der Waals surface area contributed by atoms with Crippen molar-refractivity contribution in [1.82, 2.24) is 0 Å². The number of hydrogen-bond donors (Lipinski definition) is 0. The molecule has 89 valence electrons. The Morgan fingerprint density at radius 1 is 0.944 bits per heavy atom. The molecule has 2 rings (SSSR count). The first-order valence-electron chi connectivity index (χ1n) is 4.79. The van der Waals surface area contributed by atoms with Crippen LogP contribution in [0.4, 0.5) is 11.4 Å². The van der Waals surface area contributed by atoms with Crippen LogP contribution in [0, 0.1) is 20.2 Å². The molecule has 7 nitrogen and oxygen atoms in total. The number of carbonyl (C=O) groups excluding carboxylic acids is 1. The molecule has 0 atom stereocenters. The molecule has 2 aromatic carbocycles. The minimum atomic E-state index is -0.718. The van der Waals surface area contributed by atoms with E-state index in [0.29, 0.717) is 0 Å². The van der Waals surface area contributed by atoms with Gasteiger partial charge in [0.15, 0.2) is 0 Å². The van der Waals surface area contributed by atoms with Crippen molar-refractivity contribution in [2.75, 3.05) is 0 Å². The predicted molar refractivity (Wildman–Crippen MR) is 62.1 cm³/mol. The van der Waals surface area contributed by atoms with Gasteiger partial charge in [-0.2, -0.15) is 0 Å². The maximum absolute atomic E-state index is 10.9. The van der Waals surface area contributed by atoms with Crippen LogP contribution in [-0.4, -0.2) is 16.1 Å². The van der Waals surface area contributed by atoms with Gasteiger partial charge in [-0.15, -0.1) is 0 Å². The molecule has 0 aliphatic carbocycles. The fraction of sp³-hybridized carbons (Fsp3) is 0. The molecular formula is C11H5N2O5. The Kier molecular flexibility index (Phi) is 2.72. The summed E-state index contributed by atoms with van der Waals surface area (Å²) >= 11 is 0. The van der Waals surface area contributed by atoms with Gasteiger partial charge < -0.3 is 0 Å². The number of nitrogens with zero attached hydrogens (tertiary/aromatic N) is 2. The summed E-state index contributed by atoms with van der Waals surface area (Å²) in [7, 11) is 0. The highest BCUT2D eigenvalue weighted by molar-refractivity contribution is 6.06. The molecule has 1 radical (unpaired) electrons. The quantitative estimate of drug-likeness (QED) is 0.608. The third kappa shape index (κ3) is 1.67. The average molecular weight is 245 g/mol. The van der Waals surface area contributed by atoms with E-state index < -0.39 is 21.2 Å². The first-order valence-corrected chi connectivity index (χ1v) is 4.79. The first-order chi connectivity index (χ1) is 8.56. The van der Waals surface area contributed by atoms with Crippen molar-refractivity contribution in [3.05, 3.63) is 56.1 Å². The molecule has 0 aliphatic rings. The second-order valence-corrected chi connectivity index (χ2v) is 3.45. The van der Waals surface area contributed by atoms with Crippen LogP contribution in [0.3, 0.4) is 0 Å². The van der Waals surface area contributed by atoms with E-state index in [9.17, 15) is 25.0 Å². The highest BCUT2D eigenvalue weighted by atomic mass is 16.6. The van der Waals surface area contributed by atoms with Crippen molar-refractivity contribution in [2.24, 2.45) is 0 Å². The van der Waals surface area contributed by atoms with E-state index in [0.717, 1.165) is 12.1 Å². The van der Waals surface area contributed by atoms with E-state index in [1.807, 2.05) is 0 Å². The normalized spacial score (nSPS) is 10.2. The van der Waals surface area contributed by atoms with Crippen molar-refractivity contribution < 1.29 is 14.6 Å². The van der Waals surface area contributed by atoms with Crippen molar-refractivity contribution in [1.29, 1.82) is 0 Å². The Labute approximate surface area is 99.9 Å². The number of hydrogen-bond acceptors (Lipinski definition) is 5. The number of benzene rings is 2. The van der Waals surface area contributed by atoms with Gasteiger partial charge in [0.2, 0.25) is 6.29 Å². The fourth-order valence-corrected chi connectivity index (χ4v) is 1.76. The number of rotatable bonds is 3. The fourth-order valence-electron chi connectivity index (χ4n) is 1.76. The molecule has 0 saturated heterocycles. The van der Waals surface area contributed by atoms with Crippen LogP contribution in [0.5, 0.6) is 0 Å². The maximum Gasteiger partial charge on any atom is 0.284 e. The molecular weight excluding hydrogens is 240 g/mol. The van der Waals surface area contributed by atoms with Crippen LogP contribution in [-0.2, 0) is 4.79 Å². The van der Waals surface area contributed by atoms with Crippen molar-refractivity contribution in [3.8, 4) is 0 Å². The monoisotopic (exact) mass is 245 g/mol. The molecule has 0 N–H and O–H groups in total. The smallest absolute Gasteiger partial charge is 0.284 e. The summed E-state index contributed by atoms with van der Waals surface area (Å²) in [5.74, 6) is 0. The lowest BCUT2D eigenvalue weighted by Crippen LogP contribution is -1.96. The molecule has 0 aliphatic heterocycles. The van der Waals surface area contributed by atoms with E-state index >= 15 is 0 Å². The summed E-state index contributed by atoms with van der Waals surface area (Å²) in [6.07, 6.45) is 1.61. The van der Waals surface area contributed by atoms with Gasteiger partial charge >= 0.3 is 0 Å². The minimum absolute atomic E-state index is 0.0549. The van der Waals surface area contributed by atoms with Gasteiger partial charge in [-0.3, -0.25) is 25.0 Å². The topological polar surface area (TPSA) is 103 Å². The van der Waals surface area contributed by atoms with E-state index in [-0.39, 0.29) is 16.3 Å². The second-order valence-electron chi connectivity index (χ2n) is 3.45. The Morgan fingerprint density at radius 3 is 2.11 bits per heavy atom. The summed E-state index contributed by atoms with van der Waals surface area (Å²) in [6, 6.07) is 6.22. The standard InChI is InChI=1S/C11H5N2O5/c14-6-7-4-5-10(13(17)18)11-8(7)2-1-3-9(11)12(15)16/h1-5H. The van der Waals surface area contributed by atoms with Crippen LogP contribution in [0.15, 0.2) is 30.3 Å². The van der Waals surface area contributed by atoms with Crippen LogP contribution >= 0.6 is 0 Å². The minimum Gasteiger partial charge on any atom is -0.285 e. The maximum atomic E-state index is 10.9. The van der Waals surface area contributed by atoms with Gasteiger partial charge in [0.1, 0.15) is 5.39 Å². The number of non-ortho nitro benzene ring substituents is 2. The third-order valence-electron chi connectivity index (χ3n) is 2.50. The molecule has 0 saturated carbocycles. The molecule has 0 amide bonds. The molecule has 0 bridgehead atoms. The largest absolute Gasteiger partial charge is 0.285 e. The summed E-state index contributed by atoms with van der Waals surface area (Å²) < 4.78 is 0. The molecule has 0 aromatic heterocycles. The highest BCUT2D eigenvalue weighted by Crippen LogP contribution is 2.34. The van der Waals surface area contributed by atoms with E-state index in [2.05, 4.69) is 0 Å². The number of nitro groups is 2. The van der Waals surface area contributed by atoms with Gasteiger partial charge in [-0.25, -0.2) is 0 Å². The van der Waals surface area contributed by atoms with Crippen LogP contribution in [0.2, 0.25) is 0 Å². The average Bonchev–Trinajstić information content (AvgIpc) is 2.36. The number of fused-ring (bicyclic) bond motifs is 1. The zero-order valence-corrected chi connectivity index (χ0v) is 8.82. The second kappa shape index (κ2) is 4.21. The zero-order chi connectivity index (χ0) is 13.3. The number of nitro benzene ring substituents is 2. The summed E-state index contributed by atoms with van der Waals surface area (Å²) in [4.78, 5) is 31.0. The van der Waals surface area contributed by atoms with Gasteiger partial charge in [-0.1, -0.05) is 12.1 Å². The van der Waals surface area contributed by atoms with Crippen molar-refractivity contribution >= 4 is 28.4 Å². The Bertz CT molecular complexity index is 660. The molecule has 0 spiro atoms. The molecule has 2 aromatic rings. The lowest BCUT2D eigenvalue weighted by atomic mass is 10.0. The van der Waals surface area contributed by atoms with Gasteiger partial charge in [0, 0.05) is 23.1 Å². The lowest BCUT2D eigenvalue weighted by Gasteiger charge is -2.02. The van der Waals surface area contributed by atoms with Gasteiger partial charge in [0.05, 0.1) is 9.85 Å². The van der Waals surface area contributed by atoms with E-state index in [4.69, 9.17) is 0 Å². The SMILES string of the molecule is O=[C]c1ccc([N+](=O)[O-])c2c([N+](=O)[O-])cccc12. The highest BCUT2D eigenvalue weighted by Gasteiger charge is 2.23. The molecule has 7 heteroatoms. The van der Waals surface area contributed by atoms with E-state index in [1.54, 1.807) is 6.29 Å².